The van der Waals surface area contributed by atoms with E-state index in [1.54, 1.807) is 0 Å². The van der Waals surface area contributed by atoms with Gasteiger partial charge in [-0.1, -0.05) is 35.9 Å². The highest BCUT2D eigenvalue weighted by Gasteiger charge is 2.13. The first-order chi connectivity index (χ1) is 8.61. The molecule has 2 aromatic rings. The molecule has 2 aromatic carbocycles. The van der Waals surface area contributed by atoms with Crippen LogP contribution >= 0.6 is 0 Å². The molecule has 0 fully saturated rings. The summed E-state index contributed by atoms with van der Waals surface area (Å²) < 4.78 is 13.0. The van der Waals surface area contributed by atoms with Gasteiger partial charge in [0, 0.05) is 0 Å². The van der Waals surface area contributed by atoms with Crippen LogP contribution in [-0.2, 0) is 0 Å². The van der Waals surface area contributed by atoms with Gasteiger partial charge in [0.05, 0.1) is 6.04 Å². The van der Waals surface area contributed by atoms with E-state index >= 15 is 0 Å². The molecule has 0 aliphatic heterocycles. The smallest absolute Gasteiger partial charge is 0.123 e. The molecule has 94 valence electrons. The van der Waals surface area contributed by atoms with Gasteiger partial charge in [0.1, 0.15) is 5.82 Å². The molecule has 0 saturated carbocycles. The second kappa shape index (κ2) is 5.32. The van der Waals surface area contributed by atoms with Gasteiger partial charge in [-0.15, -0.1) is 0 Å². The number of hydrogen-bond acceptors (Lipinski definition) is 1. The number of aryl methyl sites for hydroxylation is 2. The van der Waals surface area contributed by atoms with Crippen molar-refractivity contribution in [2.45, 2.75) is 19.9 Å². The molecular formula is C16H18FN. The number of rotatable bonds is 3. The predicted octanol–water partition coefficient (Wildman–Crippen LogP) is 3.75. The highest BCUT2D eigenvalue weighted by atomic mass is 19.1. The van der Waals surface area contributed by atoms with Crippen molar-refractivity contribution in [1.29, 1.82) is 0 Å². The van der Waals surface area contributed by atoms with E-state index in [2.05, 4.69) is 37.4 Å². The Kier molecular flexibility index (Phi) is 3.78. The lowest BCUT2D eigenvalue weighted by Gasteiger charge is -2.19. The van der Waals surface area contributed by atoms with Crippen molar-refractivity contribution in [2.24, 2.45) is 0 Å². The summed E-state index contributed by atoms with van der Waals surface area (Å²) in [5, 5.41) is 3.29. The van der Waals surface area contributed by atoms with E-state index in [0.29, 0.717) is 0 Å². The van der Waals surface area contributed by atoms with Crippen LogP contribution in [0.25, 0.3) is 0 Å². The van der Waals surface area contributed by atoms with Crippen molar-refractivity contribution in [3.8, 4) is 0 Å². The van der Waals surface area contributed by atoms with Crippen molar-refractivity contribution in [3.05, 3.63) is 70.5 Å². The van der Waals surface area contributed by atoms with Crippen LogP contribution in [0.5, 0.6) is 0 Å². The van der Waals surface area contributed by atoms with Crippen LogP contribution in [0.15, 0.2) is 42.5 Å². The minimum absolute atomic E-state index is 0.103. The maximum atomic E-state index is 13.0. The van der Waals surface area contributed by atoms with Gasteiger partial charge in [0.2, 0.25) is 0 Å². The molecule has 0 bridgehead atoms. The van der Waals surface area contributed by atoms with Gasteiger partial charge in [-0.2, -0.15) is 0 Å². The SMILES string of the molecule is CNC(c1ccc(F)cc1)c1ccc(C)cc1C. The first-order valence-electron chi connectivity index (χ1n) is 6.11. The van der Waals surface area contributed by atoms with E-state index < -0.39 is 0 Å². The Morgan fingerprint density at radius 3 is 2.22 bits per heavy atom. The normalized spacial score (nSPS) is 12.4. The van der Waals surface area contributed by atoms with Crippen LogP contribution in [-0.4, -0.2) is 7.05 Å². The molecule has 2 heteroatoms. The Morgan fingerprint density at radius 2 is 1.67 bits per heavy atom. The van der Waals surface area contributed by atoms with Crippen LogP contribution in [0.3, 0.4) is 0 Å². The molecular weight excluding hydrogens is 225 g/mol. The highest BCUT2D eigenvalue weighted by Crippen LogP contribution is 2.25. The summed E-state index contributed by atoms with van der Waals surface area (Å²) in [4.78, 5) is 0. The first kappa shape index (κ1) is 12.8. The topological polar surface area (TPSA) is 12.0 Å². The molecule has 0 heterocycles. The van der Waals surface area contributed by atoms with E-state index in [0.717, 1.165) is 5.56 Å². The largest absolute Gasteiger partial charge is 0.309 e. The summed E-state index contributed by atoms with van der Waals surface area (Å²) in [6.45, 7) is 4.19. The summed E-state index contributed by atoms with van der Waals surface area (Å²) in [7, 11) is 1.92. The Hall–Kier alpha value is -1.67. The first-order valence-corrected chi connectivity index (χ1v) is 6.11. The molecule has 1 unspecified atom stereocenters. The fourth-order valence-corrected chi connectivity index (χ4v) is 2.31. The lowest BCUT2D eigenvalue weighted by Crippen LogP contribution is -2.18. The standard InChI is InChI=1S/C16H18FN/c1-11-4-9-15(12(2)10-11)16(18-3)13-5-7-14(17)8-6-13/h4-10,16,18H,1-3H3. The zero-order valence-corrected chi connectivity index (χ0v) is 11.0. The minimum Gasteiger partial charge on any atom is -0.309 e. The zero-order chi connectivity index (χ0) is 13.1. The van der Waals surface area contributed by atoms with E-state index in [9.17, 15) is 4.39 Å². The quantitative estimate of drug-likeness (QED) is 0.865. The van der Waals surface area contributed by atoms with Crippen LogP contribution in [0.2, 0.25) is 0 Å². The maximum absolute atomic E-state index is 13.0. The van der Waals surface area contributed by atoms with Gasteiger partial charge in [-0.05, 0) is 49.7 Å². The molecule has 0 spiro atoms. The third-order valence-corrected chi connectivity index (χ3v) is 3.23. The molecule has 0 radical (unpaired) electrons. The molecule has 1 atom stereocenters. The average Bonchev–Trinajstić information content (AvgIpc) is 2.35. The second-order valence-electron chi connectivity index (χ2n) is 4.63. The lowest BCUT2D eigenvalue weighted by molar-refractivity contribution is 0.623. The number of halogens is 1. The second-order valence-corrected chi connectivity index (χ2v) is 4.63. The molecule has 0 saturated heterocycles. The van der Waals surface area contributed by atoms with Crippen molar-refractivity contribution < 1.29 is 4.39 Å². The monoisotopic (exact) mass is 243 g/mol. The Morgan fingerprint density at radius 1 is 1.00 bits per heavy atom. The molecule has 18 heavy (non-hydrogen) atoms. The van der Waals surface area contributed by atoms with Gasteiger partial charge in [-0.25, -0.2) is 4.39 Å². The Bertz CT molecular complexity index is 531. The summed E-state index contributed by atoms with van der Waals surface area (Å²) in [6.07, 6.45) is 0. The summed E-state index contributed by atoms with van der Waals surface area (Å²) in [6, 6.07) is 13.2. The van der Waals surface area contributed by atoms with Gasteiger partial charge in [0.25, 0.3) is 0 Å². The molecule has 0 aliphatic carbocycles. The fraction of sp³-hybridized carbons (Fsp3) is 0.250. The number of hydrogen-bond donors (Lipinski definition) is 1. The van der Waals surface area contributed by atoms with Crippen molar-refractivity contribution in [1.82, 2.24) is 5.32 Å². The fourth-order valence-electron chi connectivity index (χ4n) is 2.31. The van der Waals surface area contributed by atoms with Crippen LogP contribution in [0.4, 0.5) is 4.39 Å². The maximum Gasteiger partial charge on any atom is 0.123 e. The van der Waals surface area contributed by atoms with Crippen LogP contribution in [0, 0.1) is 19.7 Å². The molecule has 0 aromatic heterocycles. The van der Waals surface area contributed by atoms with Gasteiger partial charge in [-0.3, -0.25) is 0 Å². The number of nitrogens with one attached hydrogen (secondary N) is 1. The summed E-state index contributed by atoms with van der Waals surface area (Å²) >= 11 is 0. The molecule has 2 rings (SSSR count). The van der Waals surface area contributed by atoms with Crippen LogP contribution in [0.1, 0.15) is 28.3 Å². The van der Waals surface area contributed by atoms with Gasteiger partial charge in [0.15, 0.2) is 0 Å². The van der Waals surface area contributed by atoms with Gasteiger partial charge < -0.3 is 5.32 Å². The third kappa shape index (κ3) is 2.59. The molecule has 0 aliphatic rings. The van der Waals surface area contributed by atoms with E-state index in [1.165, 1.54) is 28.8 Å². The van der Waals surface area contributed by atoms with E-state index in [4.69, 9.17) is 0 Å². The molecule has 0 amide bonds. The van der Waals surface area contributed by atoms with Crippen molar-refractivity contribution in [2.75, 3.05) is 7.05 Å². The van der Waals surface area contributed by atoms with E-state index in [1.807, 2.05) is 19.2 Å². The van der Waals surface area contributed by atoms with Crippen molar-refractivity contribution in [3.63, 3.8) is 0 Å². The molecule has 1 N–H and O–H groups in total. The summed E-state index contributed by atoms with van der Waals surface area (Å²) in [5.74, 6) is -0.200. The van der Waals surface area contributed by atoms with E-state index in [-0.39, 0.29) is 11.9 Å². The third-order valence-electron chi connectivity index (χ3n) is 3.23. The number of benzene rings is 2. The van der Waals surface area contributed by atoms with Crippen LogP contribution < -0.4 is 5.32 Å². The predicted molar refractivity (Wildman–Crippen MR) is 73.2 cm³/mol. The zero-order valence-electron chi connectivity index (χ0n) is 11.0. The summed E-state index contributed by atoms with van der Waals surface area (Å²) in [5.41, 5.74) is 4.81. The Labute approximate surface area is 108 Å². The van der Waals surface area contributed by atoms with Gasteiger partial charge >= 0.3 is 0 Å². The minimum atomic E-state index is -0.200. The lowest BCUT2D eigenvalue weighted by atomic mass is 9.94. The molecule has 1 nitrogen and oxygen atoms in total. The average molecular weight is 243 g/mol. The highest BCUT2D eigenvalue weighted by molar-refractivity contribution is 5.38. The van der Waals surface area contributed by atoms with Crippen molar-refractivity contribution >= 4 is 0 Å². The Balaban J connectivity index is 2.41.